The molecule has 21 heavy (non-hydrogen) atoms. The van der Waals surface area contributed by atoms with Crippen molar-refractivity contribution in [1.29, 1.82) is 0 Å². The molecule has 0 heterocycles. The van der Waals surface area contributed by atoms with Crippen LogP contribution in [0.1, 0.15) is 58.8 Å². The highest BCUT2D eigenvalue weighted by molar-refractivity contribution is 6.63. The first kappa shape index (κ1) is 16.0. The van der Waals surface area contributed by atoms with Crippen molar-refractivity contribution in [3.05, 3.63) is 0 Å². The van der Waals surface area contributed by atoms with E-state index in [1.807, 2.05) is 0 Å². The van der Waals surface area contributed by atoms with Crippen molar-refractivity contribution >= 4 is 17.5 Å². The predicted octanol–water partition coefficient (Wildman–Crippen LogP) is 2.87. The molecular weight excluding hydrogens is 270 g/mol. The molecule has 0 bridgehead atoms. The number of hydrogen-bond acceptors (Lipinski definition) is 5. The van der Waals surface area contributed by atoms with E-state index < -0.39 is 11.8 Å². The van der Waals surface area contributed by atoms with Crippen LogP contribution in [0, 0.1) is 11.8 Å². The van der Waals surface area contributed by atoms with Gasteiger partial charge in [0.15, 0.2) is 5.78 Å². The zero-order valence-electron chi connectivity index (χ0n) is 13.0. The molecule has 118 valence electrons. The summed E-state index contributed by atoms with van der Waals surface area (Å²) in [5, 5.41) is 3.80. The van der Waals surface area contributed by atoms with Gasteiger partial charge in [0.2, 0.25) is 5.71 Å². The Balaban J connectivity index is 1.92. The van der Waals surface area contributed by atoms with E-state index in [1.165, 1.54) is 39.0 Å². The van der Waals surface area contributed by atoms with Gasteiger partial charge >= 0.3 is 5.97 Å². The second-order valence-electron chi connectivity index (χ2n) is 6.06. The largest absolute Gasteiger partial charge is 0.461 e. The van der Waals surface area contributed by atoms with E-state index in [1.54, 1.807) is 6.92 Å². The van der Waals surface area contributed by atoms with Gasteiger partial charge in [0, 0.05) is 6.92 Å². The van der Waals surface area contributed by atoms with Crippen LogP contribution in [0.5, 0.6) is 0 Å². The molecule has 2 aliphatic rings. The zero-order chi connectivity index (χ0) is 15.2. The molecule has 3 atom stereocenters. The van der Waals surface area contributed by atoms with Crippen LogP contribution < -0.4 is 0 Å². The van der Waals surface area contributed by atoms with Crippen molar-refractivity contribution in [2.45, 2.75) is 64.9 Å². The van der Waals surface area contributed by atoms with Gasteiger partial charge in [-0.2, -0.15) is 0 Å². The molecule has 0 N–H and O–H groups in total. The fourth-order valence-electron chi connectivity index (χ4n) is 3.50. The van der Waals surface area contributed by atoms with Crippen LogP contribution in [-0.4, -0.2) is 30.2 Å². The van der Waals surface area contributed by atoms with Crippen molar-refractivity contribution in [3.63, 3.8) is 0 Å². The van der Waals surface area contributed by atoms with Crippen LogP contribution in [0.25, 0.3) is 0 Å². The number of ketones is 1. The number of fused-ring (bicyclic) bond motifs is 1. The minimum absolute atomic E-state index is 0.0214. The van der Waals surface area contributed by atoms with E-state index >= 15 is 0 Å². The first-order chi connectivity index (χ1) is 10.1. The van der Waals surface area contributed by atoms with E-state index in [4.69, 9.17) is 9.57 Å². The summed E-state index contributed by atoms with van der Waals surface area (Å²) in [5.41, 5.74) is -0.234. The van der Waals surface area contributed by atoms with Crippen LogP contribution in [-0.2, 0) is 19.2 Å². The highest BCUT2D eigenvalue weighted by atomic mass is 16.6. The second-order valence-corrected chi connectivity index (χ2v) is 6.06. The minimum Gasteiger partial charge on any atom is -0.461 e. The van der Waals surface area contributed by atoms with E-state index in [2.05, 4.69) is 5.16 Å². The molecule has 0 radical (unpaired) electrons. The lowest BCUT2D eigenvalue weighted by atomic mass is 9.70. The molecule has 5 nitrogen and oxygen atoms in total. The Bertz CT molecular complexity index is 419. The lowest BCUT2D eigenvalue weighted by Gasteiger charge is -2.38. The maximum Gasteiger partial charge on any atom is 0.364 e. The summed E-state index contributed by atoms with van der Waals surface area (Å²) in [6.45, 7) is 3.22. The van der Waals surface area contributed by atoms with Gasteiger partial charge in [-0.3, -0.25) is 4.79 Å². The van der Waals surface area contributed by atoms with Crippen LogP contribution in [0.2, 0.25) is 0 Å². The van der Waals surface area contributed by atoms with Crippen LogP contribution in [0.4, 0.5) is 0 Å². The second kappa shape index (κ2) is 7.57. The number of carbonyl (C=O) groups excluding carboxylic acids is 2. The molecule has 2 aliphatic carbocycles. The summed E-state index contributed by atoms with van der Waals surface area (Å²) in [6.07, 6.45) is 8.39. The molecule has 2 fully saturated rings. The third-order valence-electron chi connectivity index (χ3n) is 4.59. The van der Waals surface area contributed by atoms with Crippen LogP contribution in [0.15, 0.2) is 5.16 Å². The van der Waals surface area contributed by atoms with E-state index in [9.17, 15) is 9.59 Å². The van der Waals surface area contributed by atoms with Gasteiger partial charge in [-0.1, -0.05) is 30.8 Å². The number of Topliss-reactive ketones (excluding diaryl/α,β-unsaturated/α-hetero) is 1. The maximum absolute atomic E-state index is 11.6. The van der Waals surface area contributed by atoms with Crippen molar-refractivity contribution in [2.24, 2.45) is 17.0 Å². The lowest BCUT2D eigenvalue weighted by molar-refractivity contribution is -0.136. The van der Waals surface area contributed by atoms with Gasteiger partial charge in [0.05, 0.1) is 6.61 Å². The smallest absolute Gasteiger partial charge is 0.364 e. The summed E-state index contributed by atoms with van der Waals surface area (Å²) in [6, 6.07) is 0. The highest BCUT2D eigenvalue weighted by Gasteiger charge is 2.33. The first-order valence-electron chi connectivity index (χ1n) is 8.03. The Labute approximate surface area is 126 Å². The third kappa shape index (κ3) is 4.29. The normalized spacial score (nSPS) is 29.4. The monoisotopic (exact) mass is 295 g/mol. The average molecular weight is 295 g/mol. The quantitative estimate of drug-likeness (QED) is 0.338. The SMILES string of the molecule is CCOC(=O)/C(=N/OC1CCC2CCCCC2C1)C(C)=O. The molecule has 0 aliphatic heterocycles. The molecule has 0 spiro atoms. The molecule has 3 unspecified atom stereocenters. The number of hydrogen-bond donors (Lipinski definition) is 0. The van der Waals surface area contributed by atoms with E-state index in [0.29, 0.717) is 0 Å². The highest BCUT2D eigenvalue weighted by Crippen LogP contribution is 2.41. The Morgan fingerprint density at radius 3 is 2.48 bits per heavy atom. The lowest BCUT2D eigenvalue weighted by Crippen LogP contribution is -2.32. The minimum atomic E-state index is -0.698. The van der Waals surface area contributed by atoms with Crippen molar-refractivity contribution < 1.29 is 19.2 Å². The molecule has 5 heteroatoms. The number of rotatable bonds is 5. The zero-order valence-corrected chi connectivity index (χ0v) is 13.0. The number of carbonyl (C=O) groups is 2. The summed E-state index contributed by atoms with van der Waals surface area (Å²) in [4.78, 5) is 28.6. The fraction of sp³-hybridized carbons (Fsp3) is 0.812. The molecule has 0 aromatic heterocycles. The van der Waals surface area contributed by atoms with E-state index in [0.717, 1.165) is 24.7 Å². The molecule has 2 saturated carbocycles. The third-order valence-corrected chi connectivity index (χ3v) is 4.59. The Kier molecular flexibility index (Phi) is 5.76. The van der Waals surface area contributed by atoms with Gasteiger partial charge in [-0.25, -0.2) is 4.79 Å². The molecule has 0 saturated heterocycles. The Hall–Kier alpha value is -1.39. The van der Waals surface area contributed by atoms with Gasteiger partial charge in [-0.05, 0) is 38.0 Å². The fourth-order valence-corrected chi connectivity index (χ4v) is 3.50. The van der Waals surface area contributed by atoms with Crippen molar-refractivity contribution in [3.8, 4) is 0 Å². The summed E-state index contributed by atoms with van der Waals surface area (Å²) in [7, 11) is 0. The maximum atomic E-state index is 11.6. The summed E-state index contributed by atoms with van der Waals surface area (Å²) in [5.74, 6) is 0.437. The van der Waals surface area contributed by atoms with Crippen molar-refractivity contribution in [2.75, 3.05) is 6.61 Å². The molecule has 0 aromatic carbocycles. The molecule has 0 amide bonds. The van der Waals surface area contributed by atoms with E-state index in [-0.39, 0.29) is 18.4 Å². The average Bonchev–Trinajstić information content (AvgIpc) is 2.47. The van der Waals surface area contributed by atoms with Gasteiger partial charge in [0.1, 0.15) is 6.10 Å². The summed E-state index contributed by atoms with van der Waals surface area (Å²) >= 11 is 0. The first-order valence-corrected chi connectivity index (χ1v) is 8.03. The Morgan fingerprint density at radius 1 is 1.10 bits per heavy atom. The summed E-state index contributed by atoms with van der Waals surface area (Å²) < 4.78 is 4.82. The number of nitrogens with zero attached hydrogens (tertiary/aromatic N) is 1. The van der Waals surface area contributed by atoms with Crippen molar-refractivity contribution in [1.82, 2.24) is 0 Å². The van der Waals surface area contributed by atoms with Gasteiger partial charge < -0.3 is 9.57 Å². The molecule has 0 aromatic rings. The Morgan fingerprint density at radius 2 is 1.81 bits per heavy atom. The standard InChI is InChI=1S/C16H25NO4/c1-3-20-16(19)15(11(2)18)17-21-14-9-8-12-6-4-5-7-13(12)10-14/h12-14H,3-10H2,1-2H3/b17-15+. The van der Waals surface area contributed by atoms with Gasteiger partial charge in [-0.15, -0.1) is 0 Å². The molecule has 2 rings (SSSR count). The van der Waals surface area contributed by atoms with Crippen LogP contribution in [0.3, 0.4) is 0 Å². The number of esters is 1. The topological polar surface area (TPSA) is 65.0 Å². The van der Waals surface area contributed by atoms with Crippen LogP contribution >= 0.6 is 0 Å². The number of ether oxygens (including phenoxy) is 1. The number of oxime groups is 1. The van der Waals surface area contributed by atoms with Gasteiger partial charge in [0.25, 0.3) is 0 Å². The molecular formula is C16H25NO4. The predicted molar refractivity (Wildman–Crippen MR) is 78.9 cm³/mol.